The summed E-state index contributed by atoms with van der Waals surface area (Å²) < 4.78 is 5.11. The van der Waals surface area contributed by atoms with Crippen LogP contribution in [0.4, 0.5) is 5.69 Å². The van der Waals surface area contributed by atoms with Gasteiger partial charge < -0.3 is 9.64 Å². The number of hydrogen-bond donors (Lipinski definition) is 0. The Morgan fingerprint density at radius 3 is 2.55 bits per heavy atom. The highest BCUT2D eigenvalue weighted by Crippen LogP contribution is 2.44. The third-order valence-electron chi connectivity index (χ3n) is 4.94. The monoisotopic (exact) mass is 274 g/mol. The van der Waals surface area contributed by atoms with Gasteiger partial charge in [-0.05, 0) is 50.4 Å². The van der Waals surface area contributed by atoms with E-state index in [0.717, 1.165) is 26.0 Å². The van der Waals surface area contributed by atoms with Crippen LogP contribution in [-0.4, -0.2) is 50.8 Å². The van der Waals surface area contributed by atoms with Crippen molar-refractivity contribution in [2.45, 2.75) is 31.2 Å². The lowest BCUT2D eigenvalue weighted by atomic mass is 10.1. The van der Waals surface area contributed by atoms with Gasteiger partial charge in [-0.15, -0.1) is 0 Å². The molecule has 0 N–H and O–H groups in total. The van der Waals surface area contributed by atoms with Crippen LogP contribution >= 0.6 is 0 Å². The average molecular weight is 274 g/mol. The summed E-state index contributed by atoms with van der Waals surface area (Å²) in [4.78, 5) is 5.12. The molecule has 1 aliphatic carbocycles. The van der Waals surface area contributed by atoms with Gasteiger partial charge in [0.05, 0.1) is 0 Å². The van der Waals surface area contributed by atoms with Gasteiger partial charge in [0.25, 0.3) is 0 Å². The van der Waals surface area contributed by atoms with Gasteiger partial charge in [0, 0.05) is 44.6 Å². The standard InChI is InChI=1S/C17H26N2O/c1-18-11-12-19(14-17(18)9-10-17)16-7-5-15(6-8-16)4-3-13-20-2/h5-8H,3-4,9-14H2,1-2H3. The van der Waals surface area contributed by atoms with Gasteiger partial charge in [-0.2, -0.15) is 0 Å². The Labute approximate surface area is 122 Å². The molecule has 2 fully saturated rings. The third-order valence-corrected chi connectivity index (χ3v) is 4.94. The molecule has 0 radical (unpaired) electrons. The van der Waals surface area contributed by atoms with Crippen molar-refractivity contribution >= 4 is 5.69 Å². The molecule has 1 aromatic rings. The number of methoxy groups -OCH3 is 1. The average Bonchev–Trinajstić information content (AvgIpc) is 3.24. The number of aryl methyl sites for hydroxylation is 1. The van der Waals surface area contributed by atoms with Gasteiger partial charge in [-0.1, -0.05) is 12.1 Å². The largest absolute Gasteiger partial charge is 0.385 e. The molecule has 0 amide bonds. The summed E-state index contributed by atoms with van der Waals surface area (Å²) >= 11 is 0. The van der Waals surface area contributed by atoms with Crippen molar-refractivity contribution < 1.29 is 4.74 Å². The van der Waals surface area contributed by atoms with Crippen molar-refractivity contribution in [2.24, 2.45) is 0 Å². The highest BCUT2D eigenvalue weighted by atomic mass is 16.5. The van der Waals surface area contributed by atoms with E-state index >= 15 is 0 Å². The molecule has 1 aliphatic heterocycles. The molecule has 1 heterocycles. The van der Waals surface area contributed by atoms with Crippen molar-refractivity contribution in [1.82, 2.24) is 4.90 Å². The summed E-state index contributed by atoms with van der Waals surface area (Å²) in [6.45, 7) is 4.39. The smallest absolute Gasteiger partial charge is 0.0465 e. The summed E-state index contributed by atoms with van der Waals surface area (Å²) in [6.07, 6.45) is 4.96. The number of likely N-dealkylation sites (N-methyl/N-ethyl adjacent to an activating group) is 1. The maximum atomic E-state index is 5.11. The fourth-order valence-electron chi connectivity index (χ4n) is 3.26. The lowest BCUT2D eigenvalue weighted by molar-refractivity contribution is 0.195. The lowest BCUT2D eigenvalue weighted by Gasteiger charge is -2.41. The minimum absolute atomic E-state index is 0.495. The molecule has 0 unspecified atom stereocenters. The van der Waals surface area contributed by atoms with Gasteiger partial charge in [0.1, 0.15) is 0 Å². The van der Waals surface area contributed by atoms with Crippen LogP contribution in [0.5, 0.6) is 0 Å². The molecule has 1 spiro atoms. The summed E-state index contributed by atoms with van der Waals surface area (Å²) in [5, 5.41) is 0. The number of anilines is 1. The highest BCUT2D eigenvalue weighted by Gasteiger charge is 2.49. The maximum absolute atomic E-state index is 5.11. The van der Waals surface area contributed by atoms with Crippen molar-refractivity contribution in [2.75, 3.05) is 45.3 Å². The fourth-order valence-corrected chi connectivity index (χ4v) is 3.26. The SMILES string of the molecule is COCCCc1ccc(N2CCN(C)C3(CC3)C2)cc1. The van der Waals surface area contributed by atoms with E-state index < -0.39 is 0 Å². The molecule has 0 aromatic heterocycles. The molecule has 0 bridgehead atoms. The number of benzene rings is 1. The van der Waals surface area contributed by atoms with E-state index in [1.54, 1.807) is 7.11 Å². The Bertz CT molecular complexity index is 439. The topological polar surface area (TPSA) is 15.7 Å². The predicted octanol–water partition coefficient (Wildman–Crippen LogP) is 2.55. The Kier molecular flexibility index (Phi) is 3.99. The van der Waals surface area contributed by atoms with Crippen LogP contribution in [0.1, 0.15) is 24.8 Å². The van der Waals surface area contributed by atoms with Crippen LogP contribution in [0.15, 0.2) is 24.3 Å². The normalized spacial score (nSPS) is 21.4. The summed E-state index contributed by atoms with van der Waals surface area (Å²) in [6, 6.07) is 9.15. The first-order valence-corrected chi connectivity index (χ1v) is 7.78. The van der Waals surface area contributed by atoms with Crippen molar-refractivity contribution in [3.63, 3.8) is 0 Å². The van der Waals surface area contributed by atoms with Crippen LogP contribution in [0.25, 0.3) is 0 Å². The number of nitrogens with zero attached hydrogens (tertiary/aromatic N) is 2. The van der Waals surface area contributed by atoms with E-state index in [2.05, 4.69) is 41.1 Å². The van der Waals surface area contributed by atoms with E-state index in [0.29, 0.717) is 5.54 Å². The van der Waals surface area contributed by atoms with Crippen molar-refractivity contribution in [1.29, 1.82) is 0 Å². The molecular weight excluding hydrogens is 248 g/mol. The maximum Gasteiger partial charge on any atom is 0.0465 e. The molecule has 2 aliphatic rings. The number of rotatable bonds is 5. The molecule has 3 rings (SSSR count). The van der Waals surface area contributed by atoms with Gasteiger partial charge in [0.15, 0.2) is 0 Å². The zero-order valence-electron chi connectivity index (χ0n) is 12.8. The van der Waals surface area contributed by atoms with E-state index in [4.69, 9.17) is 4.74 Å². The zero-order valence-corrected chi connectivity index (χ0v) is 12.8. The van der Waals surface area contributed by atoms with Gasteiger partial charge in [-0.3, -0.25) is 4.90 Å². The fraction of sp³-hybridized carbons (Fsp3) is 0.647. The van der Waals surface area contributed by atoms with E-state index in [9.17, 15) is 0 Å². The lowest BCUT2D eigenvalue weighted by Crippen LogP contribution is -2.53. The predicted molar refractivity (Wildman–Crippen MR) is 83.4 cm³/mol. The van der Waals surface area contributed by atoms with Crippen LogP contribution < -0.4 is 4.90 Å². The van der Waals surface area contributed by atoms with E-state index in [1.807, 2.05) is 0 Å². The molecule has 3 heteroatoms. The number of hydrogen-bond acceptors (Lipinski definition) is 3. The Balaban J connectivity index is 1.60. The van der Waals surface area contributed by atoms with Crippen LogP contribution in [0.3, 0.4) is 0 Å². The minimum Gasteiger partial charge on any atom is -0.385 e. The molecule has 3 nitrogen and oxygen atoms in total. The van der Waals surface area contributed by atoms with Crippen molar-refractivity contribution in [3.05, 3.63) is 29.8 Å². The summed E-state index contributed by atoms with van der Waals surface area (Å²) in [5.74, 6) is 0. The Hall–Kier alpha value is -1.06. The molecule has 20 heavy (non-hydrogen) atoms. The first-order valence-electron chi connectivity index (χ1n) is 7.78. The number of piperazine rings is 1. The Morgan fingerprint density at radius 1 is 1.15 bits per heavy atom. The van der Waals surface area contributed by atoms with E-state index in [1.165, 1.54) is 37.2 Å². The molecule has 1 saturated carbocycles. The van der Waals surface area contributed by atoms with Gasteiger partial charge >= 0.3 is 0 Å². The van der Waals surface area contributed by atoms with Crippen LogP contribution in [0.2, 0.25) is 0 Å². The van der Waals surface area contributed by atoms with Crippen LogP contribution in [-0.2, 0) is 11.2 Å². The first kappa shape index (κ1) is 13.9. The molecular formula is C17H26N2O. The quantitative estimate of drug-likeness (QED) is 0.768. The number of ether oxygens (including phenoxy) is 1. The molecule has 110 valence electrons. The Morgan fingerprint density at radius 2 is 1.90 bits per heavy atom. The zero-order chi connectivity index (χ0) is 14.0. The second kappa shape index (κ2) is 5.74. The molecule has 0 atom stereocenters. The highest BCUT2D eigenvalue weighted by molar-refractivity contribution is 5.49. The summed E-state index contributed by atoms with van der Waals surface area (Å²) in [7, 11) is 4.05. The van der Waals surface area contributed by atoms with Crippen LogP contribution in [0, 0.1) is 0 Å². The van der Waals surface area contributed by atoms with Gasteiger partial charge in [0.2, 0.25) is 0 Å². The molecule has 1 saturated heterocycles. The molecule has 1 aromatic carbocycles. The van der Waals surface area contributed by atoms with Gasteiger partial charge in [-0.25, -0.2) is 0 Å². The summed E-state index contributed by atoms with van der Waals surface area (Å²) in [5.41, 5.74) is 3.30. The van der Waals surface area contributed by atoms with Crippen molar-refractivity contribution in [3.8, 4) is 0 Å². The third kappa shape index (κ3) is 2.84. The second-order valence-electron chi connectivity index (χ2n) is 6.33. The van der Waals surface area contributed by atoms with E-state index in [-0.39, 0.29) is 0 Å². The minimum atomic E-state index is 0.495. The second-order valence-corrected chi connectivity index (χ2v) is 6.33. The first-order chi connectivity index (χ1) is 9.73.